The lowest BCUT2D eigenvalue weighted by Crippen LogP contribution is -1.97. The van der Waals surface area contributed by atoms with Crippen LogP contribution >= 0.6 is 22.9 Å². The van der Waals surface area contributed by atoms with E-state index in [1.54, 1.807) is 0 Å². The van der Waals surface area contributed by atoms with Crippen LogP contribution in [0, 0.1) is 0 Å². The molecule has 3 nitrogen and oxygen atoms in total. The summed E-state index contributed by atoms with van der Waals surface area (Å²) < 4.78 is 0. The maximum atomic E-state index is 10.4. The molecule has 1 aromatic rings. The molecule has 0 aliphatic heterocycles. The number of halogens is 1. The van der Waals surface area contributed by atoms with Crippen LogP contribution in [0.3, 0.4) is 0 Å². The number of nitrogens with zero attached hydrogens (tertiary/aromatic N) is 1. The first-order valence-electron chi connectivity index (χ1n) is 3.99. The number of aromatic nitrogens is 1. The molecule has 0 fully saturated rings. The first kappa shape index (κ1) is 10.5. The largest absolute Gasteiger partial charge is 0.481 e. The van der Waals surface area contributed by atoms with Crippen molar-refractivity contribution in [1.82, 2.24) is 4.98 Å². The quantitative estimate of drug-likeness (QED) is 0.846. The molecule has 1 N–H and O–H groups in total. The smallest absolute Gasteiger partial charge is 0.308 e. The van der Waals surface area contributed by atoms with Crippen molar-refractivity contribution < 1.29 is 9.90 Å². The van der Waals surface area contributed by atoms with Crippen LogP contribution in [0.2, 0.25) is 5.15 Å². The second-order valence-electron chi connectivity index (χ2n) is 2.64. The van der Waals surface area contributed by atoms with Gasteiger partial charge in [-0.15, -0.1) is 11.3 Å². The normalized spacial score (nSPS) is 10.3. The maximum Gasteiger partial charge on any atom is 0.308 e. The molecule has 0 bridgehead atoms. The van der Waals surface area contributed by atoms with E-state index in [0.717, 1.165) is 17.8 Å². The topological polar surface area (TPSA) is 50.2 Å². The molecule has 0 amide bonds. The van der Waals surface area contributed by atoms with E-state index in [1.807, 2.05) is 6.92 Å². The van der Waals surface area contributed by atoms with Gasteiger partial charge in [-0.25, -0.2) is 4.98 Å². The second kappa shape index (κ2) is 4.58. The Morgan fingerprint density at radius 1 is 1.69 bits per heavy atom. The van der Waals surface area contributed by atoms with Crippen molar-refractivity contribution >= 4 is 28.9 Å². The van der Waals surface area contributed by atoms with Gasteiger partial charge in [-0.2, -0.15) is 0 Å². The number of rotatable bonds is 4. The van der Waals surface area contributed by atoms with Crippen LogP contribution < -0.4 is 0 Å². The van der Waals surface area contributed by atoms with Crippen molar-refractivity contribution in [2.75, 3.05) is 0 Å². The highest BCUT2D eigenvalue weighted by atomic mass is 35.5. The van der Waals surface area contributed by atoms with Crippen molar-refractivity contribution in [2.45, 2.75) is 26.2 Å². The Morgan fingerprint density at radius 3 is 2.92 bits per heavy atom. The van der Waals surface area contributed by atoms with Crippen molar-refractivity contribution in [3.63, 3.8) is 0 Å². The number of hydrogen-bond donors (Lipinski definition) is 1. The van der Waals surface area contributed by atoms with Crippen molar-refractivity contribution in [3.8, 4) is 0 Å². The summed E-state index contributed by atoms with van der Waals surface area (Å²) >= 11 is 7.15. The van der Waals surface area contributed by atoms with E-state index >= 15 is 0 Å². The summed E-state index contributed by atoms with van der Waals surface area (Å²) in [5.41, 5.74) is 0. The number of carboxylic acid groups (broad SMARTS) is 1. The molecule has 0 aliphatic carbocycles. The standard InChI is InChI=1S/C8H10ClNO2S/c1-2-3-6-10-8(9)5(13-6)4-7(11)12/h2-4H2,1H3,(H,11,12). The summed E-state index contributed by atoms with van der Waals surface area (Å²) in [5, 5.41) is 9.81. The zero-order chi connectivity index (χ0) is 9.84. The van der Waals surface area contributed by atoms with Crippen LogP contribution in [-0.4, -0.2) is 16.1 Å². The number of carbonyl (C=O) groups is 1. The van der Waals surface area contributed by atoms with Crippen molar-refractivity contribution in [3.05, 3.63) is 15.0 Å². The minimum Gasteiger partial charge on any atom is -0.481 e. The van der Waals surface area contributed by atoms with Crippen LogP contribution in [0.25, 0.3) is 0 Å². The molecule has 5 heteroatoms. The first-order valence-corrected chi connectivity index (χ1v) is 5.18. The molecular weight excluding hydrogens is 210 g/mol. The van der Waals surface area contributed by atoms with E-state index in [9.17, 15) is 4.79 Å². The zero-order valence-corrected chi connectivity index (χ0v) is 8.78. The van der Waals surface area contributed by atoms with Gasteiger partial charge in [0.15, 0.2) is 0 Å². The fourth-order valence-corrected chi connectivity index (χ4v) is 2.33. The highest BCUT2D eigenvalue weighted by Crippen LogP contribution is 2.24. The highest BCUT2D eigenvalue weighted by Gasteiger charge is 2.11. The molecule has 1 aromatic heterocycles. The molecule has 0 spiro atoms. The average molecular weight is 220 g/mol. The van der Waals surface area contributed by atoms with Crippen LogP contribution in [-0.2, 0) is 17.6 Å². The van der Waals surface area contributed by atoms with E-state index in [2.05, 4.69) is 4.98 Å². The lowest BCUT2D eigenvalue weighted by molar-refractivity contribution is -0.136. The fourth-order valence-electron chi connectivity index (χ4n) is 0.946. The van der Waals surface area contributed by atoms with Gasteiger partial charge < -0.3 is 5.11 Å². The Morgan fingerprint density at radius 2 is 2.38 bits per heavy atom. The molecule has 0 saturated carbocycles. The molecule has 13 heavy (non-hydrogen) atoms. The summed E-state index contributed by atoms with van der Waals surface area (Å²) in [6.45, 7) is 2.05. The predicted molar refractivity (Wildman–Crippen MR) is 52.5 cm³/mol. The van der Waals surface area contributed by atoms with Gasteiger partial charge in [0.05, 0.1) is 16.3 Å². The minimum atomic E-state index is -0.867. The summed E-state index contributed by atoms with van der Waals surface area (Å²) in [7, 11) is 0. The van der Waals surface area contributed by atoms with E-state index < -0.39 is 5.97 Å². The molecule has 0 radical (unpaired) electrons. The number of hydrogen-bond acceptors (Lipinski definition) is 3. The summed E-state index contributed by atoms with van der Waals surface area (Å²) in [4.78, 5) is 15.1. The molecule has 0 unspecified atom stereocenters. The van der Waals surface area contributed by atoms with Crippen LogP contribution in [0.5, 0.6) is 0 Å². The van der Waals surface area contributed by atoms with E-state index in [4.69, 9.17) is 16.7 Å². The molecule has 0 saturated heterocycles. The Labute approximate surface area is 85.4 Å². The van der Waals surface area contributed by atoms with Crippen LogP contribution in [0.1, 0.15) is 23.2 Å². The van der Waals surface area contributed by atoms with Gasteiger partial charge in [0.2, 0.25) is 0 Å². The molecule has 0 aliphatic rings. The monoisotopic (exact) mass is 219 g/mol. The second-order valence-corrected chi connectivity index (χ2v) is 4.17. The Kier molecular flexibility index (Phi) is 3.69. The van der Waals surface area contributed by atoms with Gasteiger partial charge >= 0.3 is 5.97 Å². The summed E-state index contributed by atoms with van der Waals surface area (Å²) in [6, 6.07) is 0. The molecule has 1 rings (SSSR count). The SMILES string of the molecule is CCCc1nc(Cl)c(CC(=O)O)s1. The van der Waals surface area contributed by atoms with Crippen LogP contribution in [0.4, 0.5) is 0 Å². The molecule has 1 heterocycles. The number of thiazole rings is 1. The van der Waals surface area contributed by atoms with Gasteiger partial charge in [-0.1, -0.05) is 18.5 Å². The maximum absolute atomic E-state index is 10.4. The van der Waals surface area contributed by atoms with Gasteiger partial charge in [-0.05, 0) is 12.8 Å². The summed E-state index contributed by atoms with van der Waals surface area (Å²) in [5.74, 6) is -0.867. The number of aryl methyl sites for hydroxylation is 1. The van der Waals surface area contributed by atoms with Gasteiger partial charge in [0, 0.05) is 0 Å². The minimum absolute atomic E-state index is 0.0276. The Hall–Kier alpha value is -0.610. The van der Waals surface area contributed by atoms with Gasteiger partial charge in [0.1, 0.15) is 5.15 Å². The molecule has 0 atom stereocenters. The lowest BCUT2D eigenvalue weighted by atomic mass is 10.3. The highest BCUT2D eigenvalue weighted by molar-refractivity contribution is 7.12. The first-order chi connectivity index (χ1) is 6.13. The Balaban J connectivity index is 2.77. The van der Waals surface area contributed by atoms with Crippen molar-refractivity contribution in [1.29, 1.82) is 0 Å². The third-order valence-corrected chi connectivity index (χ3v) is 3.01. The van der Waals surface area contributed by atoms with Crippen molar-refractivity contribution in [2.24, 2.45) is 0 Å². The Bertz CT molecular complexity index is 311. The molecule has 72 valence electrons. The van der Waals surface area contributed by atoms with E-state index in [1.165, 1.54) is 11.3 Å². The zero-order valence-electron chi connectivity index (χ0n) is 7.21. The lowest BCUT2D eigenvalue weighted by Gasteiger charge is -1.88. The molecular formula is C8H10ClNO2S. The van der Waals surface area contributed by atoms with Crippen LogP contribution in [0.15, 0.2) is 0 Å². The van der Waals surface area contributed by atoms with Gasteiger partial charge in [0.25, 0.3) is 0 Å². The third-order valence-electron chi connectivity index (χ3n) is 1.47. The van der Waals surface area contributed by atoms with E-state index in [0.29, 0.717) is 10.0 Å². The fraction of sp³-hybridized carbons (Fsp3) is 0.500. The predicted octanol–water partition coefficient (Wildman–Crippen LogP) is 2.38. The third kappa shape index (κ3) is 2.97. The number of carboxylic acids is 1. The van der Waals surface area contributed by atoms with E-state index in [-0.39, 0.29) is 6.42 Å². The average Bonchev–Trinajstić information content (AvgIpc) is 2.31. The number of aliphatic carboxylic acids is 1. The van der Waals surface area contributed by atoms with Gasteiger partial charge in [-0.3, -0.25) is 4.79 Å². The summed E-state index contributed by atoms with van der Waals surface area (Å²) in [6.07, 6.45) is 1.83. The molecule has 0 aromatic carbocycles.